The van der Waals surface area contributed by atoms with Gasteiger partial charge in [-0.05, 0) is 56.4 Å². The van der Waals surface area contributed by atoms with Crippen LogP contribution in [0.5, 0.6) is 5.75 Å². The molecule has 2 aliphatic rings. The minimum atomic E-state index is -0.143. The van der Waals surface area contributed by atoms with Crippen LogP contribution in [0.2, 0.25) is 0 Å². The Kier molecular flexibility index (Phi) is 7.97. The molecule has 2 aromatic rings. The molecule has 6 nitrogen and oxygen atoms in total. The first-order chi connectivity index (χ1) is 16.1. The second-order valence-electron chi connectivity index (χ2n) is 9.21. The zero-order valence-corrected chi connectivity index (χ0v) is 19.6. The lowest BCUT2D eigenvalue weighted by Crippen LogP contribution is -2.51. The number of hydrogen-bond acceptors (Lipinski definition) is 4. The van der Waals surface area contributed by atoms with Crippen molar-refractivity contribution in [2.75, 3.05) is 20.1 Å². The number of carbonyl (C=O) groups excluding carboxylic acids is 2. The number of para-hydroxylation sites is 1. The van der Waals surface area contributed by atoms with Crippen molar-refractivity contribution in [1.82, 2.24) is 14.8 Å². The van der Waals surface area contributed by atoms with Crippen LogP contribution in [0.15, 0.2) is 48.7 Å². The molecular weight excluding hydrogens is 414 g/mol. The third-order valence-corrected chi connectivity index (χ3v) is 6.85. The molecule has 0 bridgehead atoms. The summed E-state index contributed by atoms with van der Waals surface area (Å²) in [5.41, 5.74) is 1.08. The van der Waals surface area contributed by atoms with Crippen molar-refractivity contribution >= 4 is 11.8 Å². The Bertz CT molecular complexity index is 933. The maximum absolute atomic E-state index is 13.5. The summed E-state index contributed by atoms with van der Waals surface area (Å²) in [6.07, 6.45) is 10.6. The molecule has 2 heterocycles. The largest absolute Gasteiger partial charge is 0.487 e. The van der Waals surface area contributed by atoms with Crippen LogP contribution >= 0.6 is 0 Å². The van der Waals surface area contributed by atoms with E-state index in [1.54, 1.807) is 17.2 Å². The molecular formula is C27H35N3O3. The predicted molar refractivity (Wildman–Crippen MR) is 128 cm³/mol. The molecule has 2 amide bonds. The highest BCUT2D eigenvalue weighted by Gasteiger charge is 2.35. The first kappa shape index (κ1) is 23.3. The van der Waals surface area contributed by atoms with E-state index in [4.69, 9.17) is 4.74 Å². The van der Waals surface area contributed by atoms with E-state index in [0.29, 0.717) is 23.6 Å². The maximum Gasteiger partial charge on any atom is 0.272 e. The van der Waals surface area contributed by atoms with Crippen LogP contribution < -0.4 is 4.74 Å². The average Bonchev–Trinajstić information content (AvgIpc) is 2.86. The highest BCUT2D eigenvalue weighted by Crippen LogP contribution is 2.31. The van der Waals surface area contributed by atoms with Crippen molar-refractivity contribution in [3.8, 4) is 5.75 Å². The van der Waals surface area contributed by atoms with Gasteiger partial charge >= 0.3 is 0 Å². The summed E-state index contributed by atoms with van der Waals surface area (Å²) >= 11 is 0. The van der Waals surface area contributed by atoms with E-state index in [2.05, 4.69) is 4.98 Å². The minimum Gasteiger partial charge on any atom is -0.487 e. The molecule has 0 N–H and O–H groups in total. The Morgan fingerprint density at radius 1 is 0.909 bits per heavy atom. The van der Waals surface area contributed by atoms with E-state index in [1.807, 2.05) is 48.3 Å². The predicted octanol–water partition coefficient (Wildman–Crippen LogP) is 4.95. The van der Waals surface area contributed by atoms with Crippen LogP contribution in [0, 0.1) is 0 Å². The van der Waals surface area contributed by atoms with Crippen LogP contribution in [-0.2, 0) is 0 Å². The van der Waals surface area contributed by atoms with Crippen molar-refractivity contribution in [1.29, 1.82) is 0 Å². The number of fused-ring (bicyclic) bond motifs is 2. The molecule has 1 aliphatic heterocycles. The quantitative estimate of drug-likeness (QED) is 0.618. The number of rotatable bonds is 1. The van der Waals surface area contributed by atoms with Crippen LogP contribution in [0.1, 0.15) is 78.6 Å². The lowest BCUT2D eigenvalue weighted by molar-refractivity contribution is 0.0266. The van der Waals surface area contributed by atoms with Crippen LogP contribution in [0.3, 0.4) is 0 Å². The van der Waals surface area contributed by atoms with Gasteiger partial charge in [-0.3, -0.25) is 14.6 Å². The van der Waals surface area contributed by atoms with Gasteiger partial charge in [0.1, 0.15) is 17.5 Å². The molecule has 2 atom stereocenters. The highest BCUT2D eigenvalue weighted by atomic mass is 16.5. The topological polar surface area (TPSA) is 62.7 Å². The number of aromatic nitrogens is 1. The summed E-state index contributed by atoms with van der Waals surface area (Å²) in [7, 11) is 1.87. The summed E-state index contributed by atoms with van der Waals surface area (Å²) in [5.74, 6) is 0.588. The lowest BCUT2D eigenvalue weighted by atomic mass is 9.90. The van der Waals surface area contributed by atoms with Crippen LogP contribution in [0.4, 0.5) is 0 Å². The van der Waals surface area contributed by atoms with Gasteiger partial charge in [0.05, 0.1) is 11.6 Å². The van der Waals surface area contributed by atoms with E-state index in [0.717, 1.165) is 64.3 Å². The molecule has 1 aromatic heterocycles. The Morgan fingerprint density at radius 2 is 1.64 bits per heavy atom. The van der Waals surface area contributed by atoms with Gasteiger partial charge in [-0.1, -0.05) is 43.9 Å². The Morgan fingerprint density at radius 3 is 2.45 bits per heavy atom. The average molecular weight is 450 g/mol. The molecule has 1 fully saturated rings. The fourth-order valence-electron chi connectivity index (χ4n) is 5.00. The number of nitrogens with zero attached hydrogens (tertiary/aromatic N) is 3. The van der Waals surface area contributed by atoms with Gasteiger partial charge in [0.2, 0.25) is 0 Å². The molecule has 6 heteroatoms. The molecule has 0 spiro atoms. The summed E-state index contributed by atoms with van der Waals surface area (Å²) in [5, 5.41) is 0. The maximum atomic E-state index is 13.5. The SMILES string of the molecule is CN1CCCCCCCN(C(=O)c2ccccn2)[C@@H]2CCCC[C@@H]2Oc2ccccc2C1=O. The second-order valence-corrected chi connectivity index (χ2v) is 9.21. The van der Waals surface area contributed by atoms with Gasteiger partial charge < -0.3 is 14.5 Å². The molecule has 4 rings (SSSR count). The van der Waals surface area contributed by atoms with Gasteiger partial charge in [0, 0.05) is 26.3 Å². The Hall–Kier alpha value is -2.89. The first-order valence-electron chi connectivity index (χ1n) is 12.4. The smallest absolute Gasteiger partial charge is 0.272 e. The second kappa shape index (κ2) is 11.3. The molecule has 0 unspecified atom stereocenters. The zero-order chi connectivity index (χ0) is 23.0. The summed E-state index contributed by atoms with van der Waals surface area (Å²) in [6.45, 7) is 1.45. The first-order valence-corrected chi connectivity index (χ1v) is 12.4. The third-order valence-electron chi connectivity index (χ3n) is 6.85. The number of carbonyl (C=O) groups is 2. The minimum absolute atomic E-state index is 0.00532. The van der Waals surface area contributed by atoms with E-state index in [1.165, 1.54) is 0 Å². The van der Waals surface area contributed by atoms with Crippen molar-refractivity contribution in [2.45, 2.75) is 69.9 Å². The normalized spacial score (nSPS) is 22.9. The van der Waals surface area contributed by atoms with Crippen molar-refractivity contribution in [2.24, 2.45) is 0 Å². The zero-order valence-electron chi connectivity index (χ0n) is 19.6. The van der Waals surface area contributed by atoms with Gasteiger partial charge in [-0.25, -0.2) is 0 Å². The van der Waals surface area contributed by atoms with Crippen molar-refractivity contribution in [3.05, 3.63) is 59.9 Å². The van der Waals surface area contributed by atoms with E-state index < -0.39 is 0 Å². The van der Waals surface area contributed by atoms with Crippen LogP contribution in [0.25, 0.3) is 0 Å². The standard InChI is InChI=1S/C27H35N3O3/c1-29-19-11-3-2-4-12-20-30(27(32)22-14-9-10-18-28-22)23-15-6-8-17-25(23)33-24-16-7-5-13-21(24)26(29)31/h5,7,9-10,13-14,16,18,23,25H,2-4,6,8,11-12,15,17,19-20H2,1H3/t23-,25+/m1/s1. The molecule has 0 radical (unpaired) electrons. The monoisotopic (exact) mass is 449 g/mol. The van der Waals surface area contributed by atoms with Gasteiger partial charge in [0.15, 0.2) is 0 Å². The van der Waals surface area contributed by atoms with E-state index >= 15 is 0 Å². The molecule has 0 saturated heterocycles. The number of benzene rings is 1. The molecule has 1 aromatic carbocycles. The Labute approximate surface area is 196 Å². The lowest BCUT2D eigenvalue weighted by Gasteiger charge is -2.40. The number of ether oxygens (including phenoxy) is 1. The fraction of sp³-hybridized carbons (Fsp3) is 0.519. The summed E-state index contributed by atoms with van der Waals surface area (Å²) < 4.78 is 6.55. The number of hydrogen-bond donors (Lipinski definition) is 0. The van der Waals surface area contributed by atoms with Gasteiger partial charge in [-0.15, -0.1) is 0 Å². The summed E-state index contributed by atoms with van der Waals surface area (Å²) in [4.78, 5) is 34.8. The molecule has 1 aliphatic carbocycles. The molecule has 1 saturated carbocycles. The van der Waals surface area contributed by atoms with Gasteiger partial charge in [0.25, 0.3) is 11.8 Å². The van der Waals surface area contributed by atoms with Crippen molar-refractivity contribution < 1.29 is 14.3 Å². The molecule has 33 heavy (non-hydrogen) atoms. The summed E-state index contributed by atoms with van der Waals surface area (Å²) in [6, 6.07) is 13.0. The third kappa shape index (κ3) is 5.73. The fourth-order valence-corrected chi connectivity index (χ4v) is 5.00. The highest BCUT2D eigenvalue weighted by molar-refractivity contribution is 5.96. The van der Waals surface area contributed by atoms with E-state index in [9.17, 15) is 9.59 Å². The molecule has 176 valence electrons. The van der Waals surface area contributed by atoms with Crippen LogP contribution in [-0.4, -0.2) is 58.9 Å². The number of amides is 2. The Balaban J connectivity index is 1.66. The number of pyridine rings is 1. The van der Waals surface area contributed by atoms with Gasteiger partial charge in [-0.2, -0.15) is 0 Å². The van der Waals surface area contributed by atoms with Crippen molar-refractivity contribution in [3.63, 3.8) is 0 Å². The van der Waals surface area contributed by atoms with E-state index in [-0.39, 0.29) is 24.0 Å².